The molecule has 0 unspecified atom stereocenters. The van der Waals surface area contributed by atoms with Gasteiger partial charge in [0, 0.05) is 18.0 Å². The van der Waals surface area contributed by atoms with Gasteiger partial charge in [-0.15, -0.1) is 0 Å². The molecule has 14 heavy (non-hydrogen) atoms. The summed E-state index contributed by atoms with van der Waals surface area (Å²) in [5.74, 6) is 0.0891. The van der Waals surface area contributed by atoms with Gasteiger partial charge in [-0.25, -0.2) is 0 Å². The van der Waals surface area contributed by atoms with E-state index in [1.807, 2.05) is 0 Å². The van der Waals surface area contributed by atoms with E-state index in [4.69, 9.17) is 0 Å². The first-order valence-electron chi connectivity index (χ1n) is 5.47. The number of aliphatic hydroxyl groups excluding tert-OH is 2. The van der Waals surface area contributed by atoms with Crippen LogP contribution in [0.5, 0.6) is 0 Å². The highest BCUT2D eigenvalue weighted by atomic mass is 16.3. The van der Waals surface area contributed by atoms with Crippen LogP contribution >= 0.6 is 0 Å². The summed E-state index contributed by atoms with van der Waals surface area (Å²) >= 11 is 0. The second kappa shape index (κ2) is 3.65. The van der Waals surface area contributed by atoms with Gasteiger partial charge in [0.15, 0.2) is 0 Å². The summed E-state index contributed by atoms with van der Waals surface area (Å²) in [6.45, 7) is 2.60. The smallest absolute Gasteiger partial charge is 0.0929 e. The third kappa shape index (κ3) is 1.60. The van der Waals surface area contributed by atoms with Gasteiger partial charge >= 0.3 is 0 Å². The molecule has 3 atom stereocenters. The zero-order valence-electron chi connectivity index (χ0n) is 8.61. The van der Waals surface area contributed by atoms with E-state index in [2.05, 4.69) is 24.4 Å². The lowest BCUT2D eigenvalue weighted by Gasteiger charge is -2.38. The van der Waals surface area contributed by atoms with Crippen molar-refractivity contribution in [3.05, 3.63) is 12.2 Å². The van der Waals surface area contributed by atoms with E-state index in [9.17, 15) is 10.2 Å². The third-order valence-electron chi connectivity index (χ3n) is 3.43. The summed E-state index contributed by atoms with van der Waals surface area (Å²) in [5.41, 5.74) is 0.102. The van der Waals surface area contributed by atoms with E-state index in [0.29, 0.717) is 6.54 Å². The molecule has 2 fully saturated rings. The van der Waals surface area contributed by atoms with Crippen LogP contribution in [0.4, 0.5) is 0 Å². The average molecular weight is 197 g/mol. The maximum absolute atomic E-state index is 9.90. The molecule has 2 aliphatic rings. The van der Waals surface area contributed by atoms with Crippen molar-refractivity contribution in [2.24, 2.45) is 5.92 Å². The standard InChI is InChI=1S/C11H19NO2/c1-2-3-4-8-10(14)9(13)7-12-11(8)5-6-11/h3-4,8-10,12-14H,2,5-7H2,1H3/t8-,9-,10-/m1/s1. The minimum atomic E-state index is -0.618. The minimum absolute atomic E-state index is 0.0891. The van der Waals surface area contributed by atoms with Gasteiger partial charge in [-0.3, -0.25) is 0 Å². The molecule has 3 nitrogen and oxygen atoms in total. The quantitative estimate of drug-likeness (QED) is 0.563. The number of piperidine rings is 1. The fourth-order valence-corrected chi connectivity index (χ4v) is 2.34. The zero-order valence-corrected chi connectivity index (χ0v) is 8.61. The van der Waals surface area contributed by atoms with Gasteiger partial charge in [0.1, 0.15) is 0 Å². The second-order valence-electron chi connectivity index (χ2n) is 4.46. The largest absolute Gasteiger partial charge is 0.390 e. The van der Waals surface area contributed by atoms with Crippen LogP contribution in [-0.2, 0) is 0 Å². The SMILES string of the molecule is CCC=C[C@@H]1[C@@H](O)[C@H](O)CNC12CC2. The van der Waals surface area contributed by atoms with Crippen LogP contribution in [0.1, 0.15) is 26.2 Å². The summed E-state index contributed by atoms with van der Waals surface area (Å²) in [5, 5.41) is 22.8. The van der Waals surface area contributed by atoms with E-state index in [1.165, 1.54) is 0 Å². The van der Waals surface area contributed by atoms with Gasteiger partial charge < -0.3 is 15.5 Å². The van der Waals surface area contributed by atoms with Crippen molar-refractivity contribution in [2.75, 3.05) is 6.54 Å². The van der Waals surface area contributed by atoms with Crippen molar-refractivity contribution in [1.82, 2.24) is 5.32 Å². The Morgan fingerprint density at radius 1 is 1.43 bits per heavy atom. The van der Waals surface area contributed by atoms with Crippen LogP contribution in [-0.4, -0.2) is 34.5 Å². The maximum Gasteiger partial charge on any atom is 0.0929 e. The molecule has 80 valence electrons. The Morgan fingerprint density at radius 3 is 2.71 bits per heavy atom. The van der Waals surface area contributed by atoms with Gasteiger partial charge in [-0.1, -0.05) is 19.1 Å². The number of hydrogen-bond acceptors (Lipinski definition) is 3. The Hall–Kier alpha value is -0.380. The predicted molar refractivity (Wildman–Crippen MR) is 54.9 cm³/mol. The highest BCUT2D eigenvalue weighted by Crippen LogP contribution is 2.47. The molecular formula is C11H19NO2. The third-order valence-corrected chi connectivity index (χ3v) is 3.43. The summed E-state index contributed by atoms with van der Waals surface area (Å²) in [7, 11) is 0. The Balaban J connectivity index is 2.10. The highest BCUT2D eigenvalue weighted by molar-refractivity contribution is 5.18. The van der Waals surface area contributed by atoms with Gasteiger partial charge in [-0.05, 0) is 19.3 Å². The van der Waals surface area contributed by atoms with Crippen molar-refractivity contribution in [3.8, 4) is 0 Å². The predicted octanol–water partition coefficient (Wildman–Crippen LogP) is 0.426. The first kappa shape index (κ1) is 10.1. The molecule has 0 aromatic carbocycles. The summed E-state index contributed by atoms with van der Waals surface area (Å²) in [6, 6.07) is 0. The fourth-order valence-electron chi connectivity index (χ4n) is 2.34. The normalized spacial score (nSPS) is 40.6. The molecular weight excluding hydrogens is 178 g/mol. The van der Waals surface area contributed by atoms with Crippen LogP contribution in [0.2, 0.25) is 0 Å². The Labute approximate surface area is 84.8 Å². The van der Waals surface area contributed by atoms with Crippen LogP contribution in [0.25, 0.3) is 0 Å². The molecule has 3 N–H and O–H groups in total. The van der Waals surface area contributed by atoms with Gasteiger partial charge in [0.2, 0.25) is 0 Å². The van der Waals surface area contributed by atoms with Gasteiger partial charge in [-0.2, -0.15) is 0 Å². The molecule has 1 heterocycles. The number of aliphatic hydroxyl groups is 2. The van der Waals surface area contributed by atoms with Crippen molar-refractivity contribution in [2.45, 2.75) is 43.9 Å². The molecule has 0 aromatic rings. The molecule has 1 aliphatic heterocycles. The topological polar surface area (TPSA) is 52.5 Å². The second-order valence-corrected chi connectivity index (χ2v) is 4.46. The lowest BCUT2D eigenvalue weighted by atomic mass is 9.84. The van der Waals surface area contributed by atoms with Gasteiger partial charge in [0.05, 0.1) is 12.2 Å². The Bertz CT molecular complexity index is 235. The molecule has 1 saturated carbocycles. The zero-order chi connectivity index (χ0) is 10.2. The van der Waals surface area contributed by atoms with E-state index in [0.717, 1.165) is 19.3 Å². The first-order chi connectivity index (χ1) is 6.69. The Morgan fingerprint density at radius 2 is 2.14 bits per heavy atom. The van der Waals surface area contributed by atoms with Crippen LogP contribution in [0, 0.1) is 5.92 Å². The van der Waals surface area contributed by atoms with Crippen molar-refractivity contribution in [1.29, 1.82) is 0 Å². The number of allylic oxidation sites excluding steroid dienone is 1. The lowest BCUT2D eigenvalue weighted by Crippen LogP contribution is -2.57. The average Bonchev–Trinajstić information content (AvgIpc) is 2.94. The van der Waals surface area contributed by atoms with Crippen molar-refractivity contribution in [3.63, 3.8) is 0 Å². The number of rotatable bonds is 2. The maximum atomic E-state index is 9.90. The number of β-amino-alcohol motifs (C(OH)–C–C–N with tert-alkyl or cyclic N) is 1. The number of nitrogens with one attached hydrogen (secondary N) is 1. The molecule has 1 saturated heterocycles. The summed E-state index contributed by atoms with van der Waals surface area (Å²) < 4.78 is 0. The summed E-state index contributed by atoms with van der Waals surface area (Å²) in [6.07, 6.45) is 6.15. The molecule has 1 spiro atoms. The van der Waals surface area contributed by atoms with E-state index >= 15 is 0 Å². The Kier molecular flexibility index (Phi) is 2.64. The number of hydrogen-bond donors (Lipinski definition) is 3. The summed E-state index contributed by atoms with van der Waals surface area (Å²) in [4.78, 5) is 0. The molecule has 3 heteroatoms. The van der Waals surface area contributed by atoms with Crippen molar-refractivity contribution >= 4 is 0 Å². The molecule has 2 rings (SSSR count). The molecule has 0 amide bonds. The molecule has 0 bridgehead atoms. The van der Waals surface area contributed by atoms with Crippen molar-refractivity contribution < 1.29 is 10.2 Å². The van der Waals surface area contributed by atoms with Crippen LogP contribution < -0.4 is 5.32 Å². The highest BCUT2D eigenvalue weighted by Gasteiger charge is 2.54. The molecule has 1 aliphatic carbocycles. The lowest BCUT2D eigenvalue weighted by molar-refractivity contribution is -0.0422. The molecule has 0 radical (unpaired) electrons. The molecule has 0 aromatic heterocycles. The fraction of sp³-hybridized carbons (Fsp3) is 0.818. The minimum Gasteiger partial charge on any atom is -0.390 e. The van der Waals surface area contributed by atoms with Crippen LogP contribution in [0.3, 0.4) is 0 Å². The van der Waals surface area contributed by atoms with Crippen LogP contribution in [0.15, 0.2) is 12.2 Å². The monoisotopic (exact) mass is 197 g/mol. The van der Waals surface area contributed by atoms with E-state index < -0.39 is 12.2 Å². The van der Waals surface area contributed by atoms with E-state index in [-0.39, 0.29) is 11.5 Å². The first-order valence-corrected chi connectivity index (χ1v) is 5.47. The van der Waals surface area contributed by atoms with Gasteiger partial charge in [0.25, 0.3) is 0 Å². The van der Waals surface area contributed by atoms with E-state index in [1.54, 1.807) is 0 Å².